The summed E-state index contributed by atoms with van der Waals surface area (Å²) in [5, 5.41) is 5.82. The van der Waals surface area contributed by atoms with E-state index in [1.54, 1.807) is 12.1 Å². The molecule has 0 aromatic heterocycles. The molecule has 5 rings (SSSR count). The van der Waals surface area contributed by atoms with Crippen LogP contribution in [0.25, 0.3) is 27.5 Å². The van der Waals surface area contributed by atoms with Crippen LogP contribution in [0.2, 0.25) is 0 Å². The van der Waals surface area contributed by atoms with Gasteiger partial charge in [0, 0.05) is 0 Å². The Morgan fingerprint density at radius 3 is 1.97 bits per heavy atom. The molecule has 0 radical (unpaired) electrons. The molecular formula is C32H26FP. The van der Waals surface area contributed by atoms with Crippen LogP contribution < -0.4 is 15.9 Å². The minimum Gasteiger partial charge on any atom is -0.207 e. The van der Waals surface area contributed by atoms with E-state index >= 15 is 0 Å². The van der Waals surface area contributed by atoms with E-state index in [0.29, 0.717) is 0 Å². The zero-order valence-corrected chi connectivity index (χ0v) is 20.3. The molecule has 0 aliphatic heterocycles. The van der Waals surface area contributed by atoms with Crippen molar-refractivity contribution in [2.24, 2.45) is 0 Å². The number of rotatable bonds is 5. The van der Waals surface area contributed by atoms with Crippen LogP contribution in [0.15, 0.2) is 121 Å². The van der Waals surface area contributed by atoms with Crippen LogP contribution in [-0.4, -0.2) is 0 Å². The predicted molar refractivity (Wildman–Crippen MR) is 147 cm³/mol. The summed E-state index contributed by atoms with van der Waals surface area (Å²) in [6, 6.07) is 39.2. The maximum Gasteiger partial charge on any atom is 0.123 e. The number of benzene rings is 5. The van der Waals surface area contributed by atoms with Crippen molar-refractivity contribution >= 4 is 40.2 Å². The van der Waals surface area contributed by atoms with Crippen LogP contribution in [0.3, 0.4) is 0 Å². The van der Waals surface area contributed by atoms with Gasteiger partial charge in [-0.3, -0.25) is 0 Å². The normalized spacial score (nSPS) is 11.8. The number of allylic oxidation sites excluding steroid dienone is 2. The predicted octanol–water partition coefficient (Wildman–Crippen LogP) is 7.83. The smallest absolute Gasteiger partial charge is 0.123 e. The summed E-state index contributed by atoms with van der Waals surface area (Å²) in [5.41, 5.74) is 4.65. The molecule has 0 amide bonds. The van der Waals surface area contributed by atoms with E-state index in [4.69, 9.17) is 0 Å². The Bertz CT molecular complexity index is 1430. The highest BCUT2D eigenvalue weighted by atomic mass is 31.1. The number of hydrogen-bond donors (Lipinski definition) is 0. The van der Waals surface area contributed by atoms with Crippen molar-refractivity contribution in [3.05, 3.63) is 133 Å². The molecule has 34 heavy (non-hydrogen) atoms. The Morgan fingerprint density at radius 1 is 0.706 bits per heavy atom. The summed E-state index contributed by atoms with van der Waals surface area (Å²) in [5.74, 6) is -0.206. The lowest BCUT2D eigenvalue weighted by Gasteiger charge is -2.24. The fraction of sp³-hybridized carbons (Fsp3) is 0.0625. The van der Waals surface area contributed by atoms with Gasteiger partial charge >= 0.3 is 0 Å². The summed E-state index contributed by atoms with van der Waals surface area (Å²) in [6.45, 7) is 4.22. The first-order valence-electron chi connectivity index (χ1n) is 11.5. The molecule has 0 atom stereocenters. The summed E-state index contributed by atoms with van der Waals surface area (Å²) >= 11 is 0. The van der Waals surface area contributed by atoms with Crippen LogP contribution in [0.4, 0.5) is 4.39 Å². The lowest BCUT2D eigenvalue weighted by Crippen LogP contribution is -2.22. The van der Waals surface area contributed by atoms with Crippen molar-refractivity contribution in [1.82, 2.24) is 0 Å². The second-order valence-corrected chi connectivity index (χ2v) is 10.5. The molecular weight excluding hydrogens is 434 g/mol. The summed E-state index contributed by atoms with van der Waals surface area (Å²) < 4.78 is 14.9. The standard InChI is InChI=1S/C32H26FP/c1-3-23(2)28-20-18-24-12-10-11-17-29(24)32(28)30-21-19-25(33)22-31(30)34(26-13-6-4-7-14-26)27-15-8-5-9-16-27/h3-22H,1-2H3/b23-3+. The molecule has 0 saturated heterocycles. The second-order valence-electron chi connectivity index (χ2n) is 8.35. The van der Waals surface area contributed by atoms with Gasteiger partial charge in [0.2, 0.25) is 0 Å². The van der Waals surface area contributed by atoms with Gasteiger partial charge in [-0.25, -0.2) is 4.39 Å². The van der Waals surface area contributed by atoms with Crippen molar-refractivity contribution in [3.63, 3.8) is 0 Å². The van der Waals surface area contributed by atoms with Gasteiger partial charge in [0.15, 0.2) is 0 Å². The number of fused-ring (bicyclic) bond motifs is 1. The molecule has 0 fully saturated rings. The minimum atomic E-state index is -0.957. The summed E-state index contributed by atoms with van der Waals surface area (Å²) in [6.07, 6.45) is 2.15. The SMILES string of the molecule is C/C=C(\C)c1ccc2ccccc2c1-c1ccc(F)cc1P(c1ccccc1)c1ccccc1. The molecule has 2 heteroatoms. The quantitative estimate of drug-likeness (QED) is 0.235. The average molecular weight is 461 g/mol. The van der Waals surface area contributed by atoms with E-state index in [-0.39, 0.29) is 5.82 Å². The Labute approximate surface area is 202 Å². The van der Waals surface area contributed by atoms with Gasteiger partial charge in [0.05, 0.1) is 0 Å². The van der Waals surface area contributed by atoms with Gasteiger partial charge < -0.3 is 0 Å². The fourth-order valence-electron chi connectivity index (χ4n) is 4.53. The Balaban J connectivity index is 1.88. The minimum absolute atomic E-state index is 0.206. The van der Waals surface area contributed by atoms with Crippen molar-refractivity contribution in [3.8, 4) is 11.1 Å². The molecule has 166 valence electrons. The molecule has 0 aliphatic carbocycles. The van der Waals surface area contributed by atoms with Crippen molar-refractivity contribution in [2.45, 2.75) is 13.8 Å². The second kappa shape index (κ2) is 9.75. The van der Waals surface area contributed by atoms with Crippen LogP contribution in [0.1, 0.15) is 19.4 Å². The zero-order chi connectivity index (χ0) is 23.5. The van der Waals surface area contributed by atoms with Gasteiger partial charge in [-0.2, -0.15) is 0 Å². The van der Waals surface area contributed by atoms with E-state index in [0.717, 1.165) is 10.9 Å². The van der Waals surface area contributed by atoms with E-state index in [2.05, 4.69) is 105 Å². The molecule has 0 aliphatic rings. The molecule has 0 N–H and O–H groups in total. The Hall–Kier alpha value is -3.54. The molecule has 0 bridgehead atoms. The number of hydrogen-bond acceptors (Lipinski definition) is 0. The van der Waals surface area contributed by atoms with E-state index < -0.39 is 7.92 Å². The molecule has 5 aromatic carbocycles. The highest BCUT2D eigenvalue weighted by molar-refractivity contribution is 7.80. The molecule has 0 saturated carbocycles. The Kier molecular flexibility index (Phi) is 6.39. The van der Waals surface area contributed by atoms with Crippen LogP contribution in [-0.2, 0) is 0 Å². The van der Waals surface area contributed by atoms with Crippen molar-refractivity contribution in [1.29, 1.82) is 0 Å². The van der Waals surface area contributed by atoms with Gasteiger partial charge in [-0.15, -0.1) is 0 Å². The fourth-order valence-corrected chi connectivity index (χ4v) is 7.00. The van der Waals surface area contributed by atoms with Crippen LogP contribution >= 0.6 is 7.92 Å². The van der Waals surface area contributed by atoms with Gasteiger partial charge in [0.1, 0.15) is 5.82 Å². The van der Waals surface area contributed by atoms with Crippen molar-refractivity contribution < 1.29 is 4.39 Å². The van der Waals surface area contributed by atoms with E-state index in [1.807, 2.05) is 18.2 Å². The molecule has 0 unspecified atom stereocenters. The lowest BCUT2D eigenvalue weighted by atomic mass is 9.90. The Morgan fingerprint density at radius 2 is 1.32 bits per heavy atom. The maximum atomic E-state index is 14.9. The monoisotopic (exact) mass is 460 g/mol. The van der Waals surface area contributed by atoms with Crippen LogP contribution in [0.5, 0.6) is 0 Å². The maximum absolute atomic E-state index is 14.9. The zero-order valence-electron chi connectivity index (χ0n) is 19.4. The summed E-state index contributed by atoms with van der Waals surface area (Å²) in [4.78, 5) is 0. The van der Waals surface area contributed by atoms with Gasteiger partial charge in [0.25, 0.3) is 0 Å². The van der Waals surface area contributed by atoms with Crippen molar-refractivity contribution in [2.75, 3.05) is 0 Å². The summed E-state index contributed by atoms with van der Waals surface area (Å²) in [7, 11) is -0.957. The first-order chi connectivity index (χ1) is 16.7. The molecule has 0 spiro atoms. The van der Waals surface area contributed by atoms with Crippen LogP contribution in [0, 0.1) is 5.82 Å². The van der Waals surface area contributed by atoms with E-state index in [1.165, 1.54) is 38.1 Å². The topological polar surface area (TPSA) is 0 Å². The van der Waals surface area contributed by atoms with Gasteiger partial charge in [-0.1, -0.05) is 109 Å². The first kappa shape index (κ1) is 22.3. The third-order valence-electron chi connectivity index (χ3n) is 6.29. The average Bonchev–Trinajstić information content (AvgIpc) is 2.89. The third kappa shape index (κ3) is 4.20. The first-order valence-corrected chi connectivity index (χ1v) is 12.9. The third-order valence-corrected chi connectivity index (χ3v) is 8.77. The molecule has 5 aromatic rings. The largest absolute Gasteiger partial charge is 0.207 e. The molecule has 0 heterocycles. The highest BCUT2D eigenvalue weighted by Gasteiger charge is 2.23. The lowest BCUT2D eigenvalue weighted by molar-refractivity contribution is 0.629. The van der Waals surface area contributed by atoms with E-state index in [9.17, 15) is 4.39 Å². The van der Waals surface area contributed by atoms with Gasteiger partial charge in [-0.05, 0) is 82.9 Å². The molecule has 0 nitrogen and oxygen atoms in total. The number of halogens is 1. The highest BCUT2D eigenvalue weighted by Crippen LogP contribution is 2.41.